The van der Waals surface area contributed by atoms with E-state index in [1.165, 1.54) is 0 Å². The molecule has 0 aromatic carbocycles. The molecule has 7 heteroatoms. The summed E-state index contributed by atoms with van der Waals surface area (Å²) in [6.07, 6.45) is 3.55. The predicted molar refractivity (Wildman–Crippen MR) is 86.2 cm³/mol. The van der Waals surface area contributed by atoms with E-state index >= 15 is 0 Å². The van der Waals surface area contributed by atoms with Crippen LogP contribution in [-0.2, 0) is 12.5 Å². The standard InChI is InChI=1S/C16H24N6O/c1-16(2,3)13-9-12(18-19-13)15(23)22-7-5-11(6-8-22)14-20-17-10-21(14)4/h9-11H,5-8H2,1-4H3,(H,18,19). The number of aromatic amines is 1. The Balaban J connectivity index is 1.64. The summed E-state index contributed by atoms with van der Waals surface area (Å²) in [5.74, 6) is 1.39. The van der Waals surface area contributed by atoms with Gasteiger partial charge in [-0.3, -0.25) is 9.89 Å². The van der Waals surface area contributed by atoms with Gasteiger partial charge in [-0.15, -0.1) is 10.2 Å². The van der Waals surface area contributed by atoms with Crippen molar-refractivity contribution in [3.63, 3.8) is 0 Å². The number of nitrogens with zero attached hydrogens (tertiary/aromatic N) is 5. The Morgan fingerprint density at radius 2 is 2.00 bits per heavy atom. The first-order valence-electron chi connectivity index (χ1n) is 8.05. The van der Waals surface area contributed by atoms with Crippen molar-refractivity contribution in [2.75, 3.05) is 13.1 Å². The van der Waals surface area contributed by atoms with E-state index in [4.69, 9.17) is 0 Å². The van der Waals surface area contributed by atoms with Gasteiger partial charge in [-0.25, -0.2) is 0 Å². The van der Waals surface area contributed by atoms with E-state index < -0.39 is 0 Å². The SMILES string of the molecule is Cn1cnnc1C1CCN(C(=O)c2cc(C(C)(C)C)[nH]n2)CC1. The highest BCUT2D eigenvalue weighted by Gasteiger charge is 2.28. The van der Waals surface area contributed by atoms with Gasteiger partial charge in [-0.2, -0.15) is 5.10 Å². The lowest BCUT2D eigenvalue weighted by Gasteiger charge is -2.30. The number of piperidine rings is 1. The summed E-state index contributed by atoms with van der Waals surface area (Å²) >= 11 is 0. The maximum Gasteiger partial charge on any atom is 0.274 e. The highest BCUT2D eigenvalue weighted by atomic mass is 16.2. The number of nitrogens with one attached hydrogen (secondary N) is 1. The zero-order chi connectivity index (χ0) is 16.6. The number of amides is 1. The molecule has 23 heavy (non-hydrogen) atoms. The quantitative estimate of drug-likeness (QED) is 0.917. The molecule has 1 fully saturated rings. The largest absolute Gasteiger partial charge is 0.337 e. The number of rotatable bonds is 2. The number of likely N-dealkylation sites (tertiary alicyclic amines) is 1. The summed E-state index contributed by atoms with van der Waals surface area (Å²) in [5, 5.41) is 15.3. The van der Waals surface area contributed by atoms with Crippen molar-refractivity contribution < 1.29 is 4.79 Å². The molecular formula is C16H24N6O. The minimum Gasteiger partial charge on any atom is -0.337 e. The number of aromatic nitrogens is 5. The molecule has 1 amide bonds. The molecule has 1 aliphatic rings. The molecule has 2 aromatic heterocycles. The molecule has 3 heterocycles. The summed E-state index contributed by atoms with van der Waals surface area (Å²) in [7, 11) is 1.96. The molecule has 0 radical (unpaired) electrons. The number of hydrogen-bond acceptors (Lipinski definition) is 4. The average Bonchev–Trinajstić information content (AvgIpc) is 3.15. The average molecular weight is 316 g/mol. The van der Waals surface area contributed by atoms with E-state index in [0.717, 1.165) is 37.4 Å². The maximum absolute atomic E-state index is 12.6. The van der Waals surface area contributed by atoms with E-state index in [1.54, 1.807) is 6.33 Å². The molecule has 1 N–H and O–H groups in total. The van der Waals surface area contributed by atoms with E-state index in [2.05, 4.69) is 41.2 Å². The smallest absolute Gasteiger partial charge is 0.274 e. The number of H-pyrrole nitrogens is 1. The van der Waals surface area contributed by atoms with Gasteiger partial charge >= 0.3 is 0 Å². The molecule has 3 rings (SSSR count). The molecule has 1 aliphatic heterocycles. The van der Waals surface area contributed by atoms with Gasteiger partial charge < -0.3 is 9.47 Å². The lowest BCUT2D eigenvalue weighted by Crippen LogP contribution is -2.38. The molecule has 0 aliphatic carbocycles. The molecule has 124 valence electrons. The van der Waals surface area contributed by atoms with E-state index in [-0.39, 0.29) is 11.3 Å². The van der Waals surface area contributed by atoms with Gasteiger partial charge in [0.05, 0.1) is 0 Å². The van der Waals surface area contributed by atoms with Crippen molar-refractivity contribution in [1.29, 1.82) is 0 Å². The van der Waals surface area contributed by atoms with Gasteiger partial charge in [-0.05, 0) is 18.9 Å². The molecule has 0 bridgehead atoms. The third-order valence-electron chi connectivity index (χ3n) is 4.50. The Labute approximate surface area is 136 Å². The molecule has 2 aromatic rings. The lowest BCUT2D eigenvalue weighted by molar-refractivity contribution is 0.0704. The van der Waals surface area contributed by atoms with Gasteiger partial charge in [0.15, 0.2) is 0 Å². The summed E-state index contributed by atoms with van der Waals surface area (Å²) < 4.78 is 1.96. The van der Waals surface area contributed by atoms with Crippen LogP contribution in [0.2, 0.25) is 0 Å². The molecular weight excluding hydrogens is 292 g/mol. The van der Waals surface area contributed by atoms with Crippen LogP contribution in [0.3, 0.4) is 0 Å². The van der Waals surface area contributed by atoms with E-state index in [1.807, 2.05) is 22.6 Å². The van der Waals surface area contributed by atoms with Gasteiger partial charge in [0.25, 0.3) is 5.91 Å². The van der Waals surface area contributed by atoms with Crippen LogP contribution in [0.1, 0.15) is 61.5 Å². The molecule has 0 unspecified atom stereocenters. The van der Waals surface area contributed by atoms with E-state index in [9.17, 15) is 4.79 Å². The minimum atomic E-state index is -0.0380. The second-order valence-corrected chi connectivity index (χ2v) is 7.28. The summed E-state index contributed by atoms with van der Waals surface area (Å²) in [6, 6.07) is 1.87. The van der Waals surface area contributed by atoms with Crippen LogP contribution >= 0.6 is 0 Å². The van der Waals surface area contributed by atoms with Gasteiger partial charge in [0.1, 0.15) is 17.8 Å². The topological polar surface area (TPSA) is 79.7 Å². The molecule has 0 spiro atoms. The maximum atomic E-state index is 12.6. The van der Waals surface area contributed by atoms with E-state index in [0.29, 0.717) is 11.6 Å². The van der Waals surface area contributed by atoms with Crippen LogP contribution < -0.4 is 0 Å². The van der Waals surface area contributed by atoms with Crippen molar-refractivity contribution >= 4 is 5.91 Å². The first-order valence-corrected chi connectivity index (χ1v) is 8.05. The summed E-state index contributed by atoms with van der Waals surface area (Å²) in [4.78, 5) is 14.5. The Kier molecular flexibility index (Phi) is 3.95. The van der Waals surface area contributed by atoms with Crippen molar-refractivity contribution in [2.45, 2.75) is 44.9 Å². The molecule has 7 nitrogen and oxygen atoms in total. The van der Waals surface area contributed by atoms with Crippen molar-refractivity contribution in [3.8, 4) is 0 Å². The fraction of sp³-hybridized carbons (Fsp3) is 0.625. The summed E-state index contributed by atoms with van der Waals surface area (Å²) in [5.41, 5.74) is 1.45. The lowest BCUT2D eigenvalue weighted by atomic mass is 9.92. The first-order chi connectivity index (χ1) is 10.9. The zero-order valence-corrected chi connectivity index (χ0v) is 14.2. The van der Waals surface area contributed by atoms with Crippen molar-refractivity contribution in [2.24, 2.45) is 7.05 Å². The van der Waals surface area contributed by atoms with Crippen molar-refractivity contribution in [1.82, 2.24) is 29.9 Å². The Bertz CT molecular complexity index is 687. The predicted octanol–water partition coefficient (Wildman–Crippen LogP) is 1.86. The van der Waals surface area contributed by atoms with Gasteiger partial charge in [0.2, 0.25) is 0 Å². The Morgan fingerprint density at radius 1 is 1.30 bits per heavy atom. The number of hydrogen-bond donors (Lipinski definition) is 1. The fourth-order valence-corrected chi connectivity index (χ4v) is 2.98. The zero-order valence-electron chi connectivity index (χ0n) is 14.2. The van der Waals surface area contributed by atoms with Crippen LogP contribution in [0.4, 0.5) is 0 Å². The third-order valence-corrected chi connectivity index (χ3v) is 4.50. The molecule has 1 saturated heterocycles. The van der Waals surface area contributed by atoms with Crippen LogP contribution in [0.25, 0.3) is 0 Å². The van der Waals surface area contributed by atoms with Crippen LogP contribution in [-0.4, -0.2) is 48.9 Å². The first kappa shape index (κ1) is 15.7. The minimum absolute atomic E-state index is 0.00756. The summed E-state index contributed by atoms with van der Waals surface area (Å²) in [6.45, 7) is 7.76. The Morgan fingerprint density at radius 3 is 2.52 bits per heavy atom. The second kappa shape index (κ2) is 5.79. The van der Waals surface area contributed by atoms with Crippen LogP contribution in [0, 0.1) is 0 Å². The number of carbonyl (C=O) groups excluding carboxylic acids is 1. The molecule has 0 atom stereocenters. The monoisotopic (exact) mass is 316 g/mol. The normalized spacial score (nSPS) is 16.8. The third kappa shape index (κ3) is 3.13. The van der Waals surface area contributed by atoms with Crippen LogP contribution in [0.5, 0.6) is 0 Å². The highest BCUT2D eigenvalue weighted by molar-refractivity contribution is 5.92. The van der Waals surface area contributed by atoms with Gasteiger partial charge in [0, 0.05) is 37.2 Å². The van der Waals surface area contributed by atoms with Gasteiger partial charge in [-0.1, -0.05) is 20.8 Å². The second-order valence-electron chi connectivity index (χ2n) is 7.28. The molecule has 0 saturated carbocycles. The Hall–Kier alpha value is -2.18. The van der Waals surface area contributed by atoms with Crippen LogP contribution in [0.15, 0.2) is 12.4 Å². The highest BCUT2D eigenvalue weighted by Crippen LogP contribution is 2.27. The number of carbonyl (C=O) groups is 1. The number of aryl methyl sites for hydroxylation is 1. The fourth-order valence-electron chi connectivity index (χ4n) is 2.98. The van der Waals surface area contributed by atoms with Crippen molar-refractivity contribution in [3.05, 3.63) is 29.6 Å².